The molecular weight excluding hydrogens is 334 g/mol. The summed E-state index contributed by atoms with van der Waals surface area (Å²) < 4.78 is 23.5. The van der Waals surface area contributed by atoms with E-state index in [0.717, 1.165) is 11.1 Å². The van der Waals surface area contributed by atoms with Crippen LogP contribution < -0.4 is 5.32 Å². The number of rotatable bonds is 5. The lowest BCUT2D eigenvalue weighted by molar-refractivity contribution is -0.122. The fraction of sp³-hybridized carbons (Fsp3) is 0.350. The highest BCUT2D eigenvalue weighted by molar-refractivity contribution is 7.91. The van der Waals surface area contributed by atoms with Gasteiger partial charge in [0.05, 0.1) is 17.0 Å². The Morgan fingerprint density at radius 3 is 2.00 bits per heavy atom. The zero-order chi connectivity index (χ0) is 17.9. The van der Waals surface area contributed by atoms with Gasteiger partial charge in [-0.25, -0.2) is 8.42 Å². The van der Waals surface area contributed by atoms with E-state index in [1.165, 1.54) is 0 Å². The van der Waals surface area contributed by atoms with Gasteiger partial charge in [-0.2, -0.15) is 0 Å². The van der Waals surface area contributed by atoms with Crippen molar-refractivity contribution in [2.75, 3.05) is 11.5 Å². The minimum atomic E-state index is -3.05. The van der Waals surface area contributed by atoms with Crippen molar-refractivity contribution in [3.63, 3.8) is 0 Å². The molecular formula is C20H23NO3S. The highest BCUT2D eigenvalue weighted by Gasteiger charge is 2.39. The van der Waals surface area contributed by atoms with Gasteiger partial charge >= 0.3 is 0 Å². The predicted octanol–water partition coefficient (Wildman–Crippen LogP) is 2.90. The average Bonchev–Trinajstić information content (AvgIpc) is 2.87. The molecule has 1 aliphatic rings. The third kappa shape index (κ3) is 4.48. The lowest BCUT2D eigenvalue weighted by atomic mass is 9.88. The molecule has 2 aromatic carbocycles. The van der Waals surface area contributed by atoms with Crippen molar-refractivity contribution in [2.24, 2.45) is 0 Å². The van der Waals surface area contributed by atoms with Crippen LogP contribution in [0, 0.1) is 0 Å². The smallest absolute Gasteiger partial charge is 0.221 e. The molecule has 1 atom stereocenters. The molecule has 1 aliphatic heterocycles. The quantitative estimate of drug-likeness (QED) is 0.895. The van der Waals surface area contributed by atoms with Crippen LogP contribution in [0.3, 0.4) is 0 Å². The highest BCUT2D eigenvalue weighted by atomic mass is 32.2. The zero-order valence-electron chi connectivity index (χ0n) is 14.3. The van der Waals surface area contributed by atoms with Gasteiger partial charge in [0, 0.05) is 12.3 Å². The molecule has 0 aromatic heterocycles. The van der Waals surface area contributed by atoms with Gasteiger partial charge in [-0.1, -0.05) is 60.7 Å². The number of benzene rings is 2. The molecule has 0 bridgehead atoms. The van der Waals surface area contributed by atoms with Crippen LogP contribution in [-0.2, 0) is 14.6 Å². The van der Waals surface area contributed by atoms with Crippen molar-refractivity contribution < 1.29 is 13.2 Å². The number of sulfone groups is 1. The Bertz CT molecular complexity index is 794. The van der Waals surface area contributed by atoms with Crippen molar-refractivity contribution in [1.29, 1.82) is 0 Å². The molecule has 0 aliphatic carbocycles. The van der Waals surface area contributed by atoms with Gasteiger partial charge in [-0.15, -0.1) is 0 Å². The highest BCUT2D eigenvalue weighted by Crippen LogP contribution is 2.29. The second kappa shape index (κ2) is 7.00. The average molecular weight is 357 g/mol. The van der Waals surface area contributed by atoms with Crippen molar-refractivity contribution >= 4 is 15.7 Å². The van der Waals surface area contributed by atoms with Gasteiger partial charge in [0.15, 0.2) is 9.84 Å². The van der Waals surface area contributed by atoms with Crippen molar-refractivity contribution in [3.8, 4) is 0 Å². The summed E-state index contributed by atoms with van der Waals surface area (Å²) in [4.78, 5) is 12.7. The van der Waals surface area contributed by atoms with Gasteiger partial charge in [0.25, 0.3) is 0 Å². The Labute approximate surface area is 149 Å². The summed E-state index contributed by atoms with van der Waals surface area (Å²) in [7, 11) is -3.05. The van der Waals surface area contributed by atoms with E-state index < -0.39 is 15.4 Å². The van der Waals surface area contributed by atoms with Crippen molar-refractivity contribution in [2.45, 2.75) is 31.2 Å². The molecule has 132 valence electrons. The second-order valence-corrected chi connectivity index (χ2v) is 9.21. The lowest BCUT2D eigenvalue weighted by Gasteiger charge is -2.26. The summed E-state index contributed by atoms with van der Waals surface area (Å²) in [5.41, 5.74) is 1.49. The number of hydrogen-bond donors (Lipinski definition) is 1. The number of carbonyl (C=O) groups excluding carboxylic acids is 1. The number of carbonyl (C=O) groups is 1. The molecule has 0 saturated carbocycles. The minimum Gasteiger partial charge on any atom is -0.350 e. The summed E-state index contributed by atoms with van der Waals surface area (Å²) in [6, 6.07) is 19.9. The first-order chi connectivity index (χ1) is 11.9. The van der Waals surface area contributed by atoms with Crippen LogP contribution in [0.2, 0.25) is 0 Å². The fourth-order valence-corrected chi connectivity index (χ4v) is 5.57. The summed E-state index contributed by atoms with van der Waals surface area (Å²) in [6.07, 6.45) is 0.770. The van der Waals surface area contributed by atoms with E-state index in [0.29, 0.717) is 12.8 Å². The van der Waals surface area contributed by atoms with Gasteiger partial charge < -0.3 is 5.32 Å². The first-order valence-corrected chi connectivity index (χ1v) is 10.3. The molecule has 0 spiro atoms. The Kier molecular flexibility index (Phi) is 4.95. The molecule has 3 rings (SSSR count). The normalized spacial score (nSPS) is 22.0. The van der Waals surface area contributed by atoms with Gasteiger partial charge in [0.2, 0.25) is 5.91 Å². The van der Waals surface area contributed by atoms with E-state index in [4.69, 9.17) is 0 Å². The van der Waals surface area contributed by atoms with Gasteiger partial charge in [-0.3, -0.25) is 4.79 Å². The predicted molar refractivity (Wildman–Crippen MR) is 99.2 cm³/mol. The van der Waals surface area contributed by atoms with E-state index in [2.05, 4.69) is 5.32 Å². The van der Waals surface area contributed by atoms with Crippen molar-refractivity contribution in [1.82, 2.24) is 5.32 Å². The molecule has 1 heterocycles. The third-order valence-corrected chi connectivity index (χ3v) is 6.64. The van der Waals surface area contributed by atoms with E-state index in [-0.39, 0.29) is 23.3 Å². The Morgan fingerprint density at radius 1 is 1.04 bits per heavy atom. The lowest BCUT2D eigenvalue weighted by Crippen LogP contribution is -2.47. The molecule has 25 heavy (non-hydrogen) atoms. The largest absolute Gasteiger partial charge is 0.350 e. The molecule has 2 aromatic rings. The monoisotopic (exact) mass is 357 g/mol. The van der Waals surface area contributed by atoms with Crippen molar-refractivity contribution in [3.05, 3.63) is 71.8 Å². The number of nitrogens with one attached hydrogen (secondary N) is 1. The van der Waals surface area contributed by atoms with Gasteiger partial charge in [0.1, 0.15) is 0 Å². The molecule has 1 amide bonds. The van der Waals surface area contributed by atoms with E-state index in [1.54, 1.807) is 0 Å². The van der Waals surface area contributed by atoms with E-state index in [9.17, 15) is 13.2 Å². The van der Waals surface area contributed by atoms with E-state index in [1.807, 2.05) is 67.6 Å². The molecule has 1 N–H and O–H groups in total. The second-order valence-electron chi connectivity index (χ2n) is 7.03. The first-order valence-electron chi connectivity index (χ1n) is 8.48. The minimum absolute atomic E-state index is 0.0209. The van der Waals surface area contributed by atoms with Crippen LogP contribution in [0.15, 0.2) is 60.7 Å². The molecule has 1 saturated heterocycles. The fourth-order valence-electron chi connectivity index (χ4n) is 3.48. The molecule has 0 radical (unpaired) electrons. The summed E-state index contributed by atoms with van der Waals surface area (Å²) >= 11 is 0. The molecule has 4 nitrogen and oxygen atoms in total. The summed E-state index contributed by atoms with van der Waals surface area (Å²) in [6.45, 7) is 1.81. The number of hydrogen-bond acceptors (Lipinski definition) is 3. The van der Waals surface area contributed by atoms with Crippen LogP contribution in [-0.4, -0.2) is 31.4 Å². The SMILES string of the molecule is C[C@]1(NC(=O)CC(c2ccccc2)c2ccccc2)CCS(=O)(=O)C1. The summed E-state index contributed by atoms with van der Waals surface area (Å²) in [5.74, 6) is -0.00110. The topological polar surface area (TPSA) is 63.2 Å². The van der Waals surface area contributed by atoms with Crippen LogP contribution in [0.5, 0.6) is 0 Å². The Hall–Kier alpha value is -2.14. The molecule has 5 heteroatoms. The maximum absolute atomic E-state index is 12.7. The maximum Gasteiger partial charge on any atom is 0.221 e. The van der Waals surface area contributed by atoms with Crippen LogP contribution >= 0.6 is 0 Å². The van der Waals surface area contributed by atoms with Crippen LogP contribution in [0.1, 0.15) is 36.8 Å². The Morgan fingerprint density at radius 2 is 1.56 bits per heavy atom. The first kappa shape index (κ1) is 17.7. The Balaban J connectivity index is 1.78. The van der Waals surface area contributed by atoms with E-state index >= 15 is 0 Å². The maximum atomic E-state index is 12.7. The standard InChI is InChI=1S/C20H23NO3S/c1-20(12-13-25(23,24)15-20)21-19(22)14-18(16-8-4-2-5-9-16)17-10-6-3-7-11-17/h2-11,18H,12-15H2,1H3,(H,21,22)/t20-/m0/s1. The molecule has 0 unspecified atom stereocenters. The molecule has 1 fully saturated rings. The number of amides is 1. The third-order valence-electron chi connectivity index (χ3n) is 4.74. The van der Waals surface area contributed by atoms with Gasteiger partial charge in [-0.05, 0) is 24.5 Å². The zero-order valence-corrected chi connectivity index (χ0v) is 15.1. The van der Waals surface area contributed by atoms with Crippen LogP contribution in [0.4, 0.5) is 0 Å². The van der Waals surface area contributed by atoms with Crippen LogP contribution in [0.25, 0.3) is 0 Å². The summed E-state index contributed by atoms with van der Waals surface area (Å²) in [5, 5.41) is 2.96.